The molecule has 2 fully saturated rings. The van der Waals surface area contributed by atoms with Gasteiger partial charge in [0.05, 0.1) is 13.0 Å². The van der Waals surface area contributed by atoms with Crippen LogP contribution in [0.25, 0.3) is 0 Å². The maximum absolute atomic E-state index is 12.6. The second kappa shape index (κ2) is 6.36. The summed E-state index contributed by atoms with van der Waals surface area (Å²) in [5.41, 5.74) is -0.599. The molecule has 2 heterocycles. The lowest BCUT2D eigenvalue weighted by molar-refractivity contribution is -0.154. The van der Waals surface area contributed by atoms with Crippen LogP contribution in [-0.2, 0) is 19.1 Å². The van der Waals surface area contributed by atoms with Gasteiger partial charge < -0.3 is 14.4 Å². The van der Waals surface area contributed by atoms with Crippen molar-refractivity contribution in [2.45, 2.75) is 44.9 Å². The van der Waals surface area contributed by atoms with Crippen LogP contribution in [0.5, 0.6) is 0 Å². The number of likely N-dealkylation sites (tertiary alicyclic amines) is 1. The van der Waals surface area contributed by atoms with E-state index < -0.39 is 29.7 Å². The van der Waals surface area contributed by atoms with E-state index in [1.165, 1.54) is 28.7 Å². The van der Waals surface area contributed by atoms with Crippen LogP contribution >= 0.6 is 11.8 Å². The average molecular weight is 330 g/mol. The smallest absolute Gasteiger partial charge is 0.410 e. The van der Waals surface area contributed by atoms with Crippen molar-refractivity contribution in [3.8, 4) is 0 Å². The predicted octanol–water partition coefficient (Wildman–Crippen LogP) is 1.07. The van der Waals surface area contributed by atoms with Gasteiger partial charge in [-0.25, -0.2) is 9.59 Å². The first-order valence-electron chi connectivity index (χ1n) is 7.20. The van der Waals surface area contributed by atoms with Gasteiger partial charge in [0, 0.05) is 12.3 Å². The maximum Gasteiger partial charge on any atom is 0.410 e. The first kappa shape index (κ1) is 16.9. The van der Waals surface area contributed by atoms with Gasteiger partial charge in [0.2, 0.25) is 5.91 Å². The number of amides is 2. The fourth-order valence-electron chi connectivity index (χ4n) is 2.37. The van der Waals surface area contributed by atoms with Crippen LogP contribution in [0.2, 0.25) is 0 Å². The average Bonchev–Trinajstić information content (AvgIpc) is 2.83. The third-order valence-electron chi connectivity index (χ3n) is 3.57. The van der Waals surface area contributed by atoms with Crippen molar-refractivity contribution < 1.29 is 23.9 Å². The van der Waals surface area contributed by atoms with E-state index in [9.17, 15) is 14.4 Å². The molecule has 0 radical (unpaired) electrons. The highest BCUT2D eigenvalue weighted by molar-refractivity contribution is 7.99. The van der Waals surface area contributed by atoms with E-state index in [4.69, 9.17) is 9.47 Å². The first-order chi connectivity index (χ1) is 10.2. The summed E-state index contributed by atoms with van der Waals surface area (Å²) in [5, 5.41) is 0. The molecular formula is C14H22N2O5S. The highest BCUT2D eigenvalue weighted by atomic mass is 32.2. The molecule has 0 unspecified atom stereocenters. The summed E-state index contributed by atoms with van der Waals surface area (Å²) in [7, 11) is 1.31. The molecule has 2 amide bonds. The summed E-state index contributed by atoms with van der Waals surface area (Å²) in [5.74, 6) is 0.341. The normalized spacial score (nSPS) is 24.7. The number of hydrogen-bond acceptors (Lipinski definition) is 6. The van der Waals surface area contributed by atoms with Gasteiger partial charge in [-0.2, -0.15) is 0 Å². The zero-order valence-electron chi connectivity index (χ0n) is 13.3. The van der Waals surface area contributed by atoms with Gasteiger partial charge in [0.1, 0.15) is 17.7 Å². The SMILES string of the molecule is COC(=O)[C@H]1CSCN1C(=O)[C@H]1CCN1C(=O)OC(C)(C)C. The monoisotopic (exact) mass is 330 g/mol. The summed E-state index contributed by atoms with van der Waals surface area (Å²) >= 11 is 1.50. The fraction of sp³-hybridized carbons (Fsp3) is 0.786. The molecule has 0 aromatic carbocycles. The molecule has 8 heteroatoms. The van der Waals surface area contributed by atoms with Crippen molar-refractivity contribution >= 4 is 29.7 Å². The zero-order valence-corrected chi connectivity index (χ0v) is 14.1. The fourth-order valence-corrected chi connectivity index (χ4v) is 3.51. The number of nitrogens with zero attached hydrogens (tertiary/aromatic N) is 2. The summed E-state index contributed by atoms with van der Waals surface area (Å²) in [4.78, 5) is 39.3. The molecule has 2 saturated heterocycles. The van der Waals surface area contributed by atoms with E-state index in [1.807, 2.05) is 0 Å². The van der Waals surface area contributed by atoms with Gasteiger partial charge in [-0.1, -0.05) is 0 Å². The summed E-state index contributed by atoms with van der Waals surface area (Å²) in [6, 6.07) is -1.11. The molecule has 124 valence electrons. The molecule has 0 saturated carbocycles. The lowest BCUT2D eigenvalue weighted by atomic mass is 10.0. The lowest BCUT2D eigenvalue weighted by Crippen LogP contribution is -2.61. The number of thioether (sulfide) groups is 1. The van der Waals surface area contributed by atoms with Crippen LogP contribution in [0.3, 0.4) is 0 Å². The zero-order chi connectivity index (χ0) is 16.5. The van der Waals surface area contributed by atoms with Crippen LogP contribution < -0.4 is 0 Å². The third kappa shape index (κ3) is 3.48. The molecule has 7 nitrogen and oxygen atoms in total. The molecule has 0 N–H and O–H groups in total. The second-order valence-electron chi connectivity index (χ2n) is 6.33. The van der Waals surface area contributed by atoms with E-state index in [0.29, 0.717) is 24.6 Å². The quantitative estimate of drug-likeness (QED) is 0.705. The van der Waals surface area contributed by atoms with E-state index in [1.54, 1.807) is 20.8 Å². The molecular weight excluding hydrogens is 308 g/mol. The minimum absolute atomic E-state index is 0.211. The largest absolute Gasteiger partial charge is 0.467 e. The van der Waals surface area contributed by atoms with Gasteiger partial charge >= 0.3 is 12.1 Å². The Labute approximate surface area is 134 Å². The Balaban J connectivity index is 2.01. The molecule has 2 rings (SSSR count). The molecule has 0 spiro atoms. The first-order valence-corrected chi connectivity index (χ1v) is 8.35. The summed E-state index contributed by atoms with van der Waals surface area (Å²) < 4.78 is 10.0. The summed E-state index contributed by atoms with van der Waals surface area (Å²) in [6.07, 6.45) is 0.103. The number of rotatable bonds is 2. The van der Waals surface area contributed by atoms with Gasteiger partial charge in [0.25, 0.3) is 0 Å². The minimum atomic E-state index is -0.599. The van der Waals surface area contributed by atoms with Crippen molar-refractivity contribution in [3.63, 3.8) is 0 Å². The van der Waals surface area contributed by atoms with E-state index in [0.717, 1.165) is 0 Å². The van der Waals surface area contributed by atoms with E-state index in [2.05, 4.69) is 0 Å². The maximum atomic E-state index is 12.6. The summed E-state index contributed by atoms with van der Waals surface area (Å²) in [6.45, 7) is 5.85. The van der Waals surface area contributed by atoms with Crippen LogP contribution in [0.15, 0.2) is 0 Å². The molecule has 0 aliphatic carbocycles. The standard InChI is InChI=1S/C14H22N2O5S/c1-14(2,3)21-13(19)15-6-5-9(15)11(17)16-8-22-7-10(16)12(18)20-4/h9-10H,5-8H2,1-4H3/t9-,10-/m1/s1. The highest BCUT2D eigenvalue weighted by Gasteiger charge is 2.45. The van der Waals surface area contributed by atoms with Crippen molar-refractivity contribution in [2.24, 2.45) is 0 Å². The molecule has 0 bridgehead atoms. The van der Waals surface area contributed by atoms with Gasteiger partial charge in [-0.05, 0) is 27.2 Å². The van der Waals surface area contributed by atoms with Crippen molar-refractivity contribution in [1.29, 1.82) is 0 Å². The van der Waals surface area contributed by atoms with Crippen LogP contribution in [0.4, 0.5) is 4.79 Å². The van der Waals surface area contributed by atoms with E-state index >= 15 is 0 Å². The molecule has 0 aromatic rings. The number of carbonyl (C=O) groups is 3. The number of esters is 1. The molecule has 2 aliphatic heterocycles. The lowest BCUT2D eigenvalue weighted by Gasteiger charge is -2.42. The molecule has 22 heavy (non-hydrogen) atoms. The minimum Gasteiger partial charge on any atom is -0.467 e. The Bertz CT molecular complexity index is 476. The van der Waals surface area contributed by atoms with Crippen LogP contribution in [0, 0.1) is 0 Å². The topological polar surface area (TPSA) is 76.2 Å². The third-order valence-corrected chi connectivity index (χ3v) is 4.58. The van der Waals surface area contributed by atoms with Gasteiger partial charge in [0.15, 0.2) is 0 Å². The van der Waals surface area contributed by atoms with Crippen LogP contribution in [0.1, 0.15) is 27.2 Å². The van der Waals surface area contributed by atoms with Crippen molar-refractivity contribution in [3.05, 3.63) is 0 Å². The molecule has 2 aliphatic rings. The predicted molar refractivity (Wildman–Crippen MR) is 81.3 cm³/mol. The molecule has 0 aromatic heterocycles. The Kier molecular flexibility index (Phi) is 4.89. The van der Waals surface area contributed by atoms with Gasteiger partial charge in [-0.3, -0.25) is 9.69 Å². The van der Waals surface area contributed by atoms with E-state index in [-0.39, 0.29) is 5.91 Å². The van der Waals surface area contributed by atoms with Gasteiger partial charge in [-0.15, -0.1) is 11.8 Å². The number of methoxy groups -OCH3 is 1. The number of ether oxygens (including phenoxy) is 2. The van der Waals surface area contributed by atoms with Crippen molar-refractivity contribution in [1.82, 2.24) is 9.80 Å². The highest BCUT2D eigenvalue weighted by Crippen LogP contribution is 2.28. The Hall–Kier alpha value is -1.44. The van der Waals surface area contributed by atoms with Crippen molar-refractivity contribution in [2.75, 3.05) is 25.3 Å². The Morgan fingerprint density at radius 3 is 2.32 bits per heavy atom. The second-order valence-corrected chi connectivity index (χ2v) is 7.32. The van der Waals surface area contributed by atoms with Crippen LogP contribution in [-0.4, -0.2) is 70.7 Å². The number of carbonyl (C=O) groups excluding carboxylic acids is 3. The number of hydrogen-bond donors (Lipinski definition) is 0. The molecule has 2 atom stereocenters. The Morgan fingerprint density at radius 1 is 1.14 bits per heavy atom. The Morgan fingerprint density at radius 2 is 1.82 bits per heavy atom.